The molecule has 1 fully saturated rings. The molecule has 0 aromatic carbocycles. The van der Waals surface area contributed by atoms with Crippen LogP contribution in [0.15, 0.2) is 11.7 Å². The van der Waals surface area contributed by atoms with Crippen LogP contribution in [0.25, 0.3) is 0 Å². The average molecular weight is 177 g/mol. The summed E-state index contributed by atoms with van der Waals surface area (Å²) >= 11 is 0. The second-order valence-electron chi connectivity index (χ2n) is 3.55. The minimum atomic E-state index is -1.60. The number of aliphatic hydroxyl groups excluding tert-OH is 1. The first-order valence-corrected chi connectivity index (χ1v) is 3.85. The molecule has 0 spiro atoms. The van der Waals surface area contributed by atoms with Crippen molar-refractivity contribution in [1.29, 1.82) is 0 Å². The Balaban J connectivity index is 2.82. The summed E-state index contributed by atoms with van der Waals surface area (Å²) in [7, 11) is 1.74. The minimum absolute atomic E-state index is 0.0831. The van der Waals surface area contributed by atoms with Crippen molar-refractivity contribution < 1.29 is 13.9 Å². The molecule has 1 saturated heterocycles. The lowest BCUT2D eigenvalue weighted by Gasteiger charge is -2.28. The Morgan fingerprint density at radius 3 is 2.50 bits per heavy atom. The lowest BCUT2D eigenvalue weighted by molar-refractivity contribution is 0.100. The molecule has 1 atom stereocenters. The number of hydrogen-bond donors (Lipinski definition) is 1. The summed E-state index contributed by atoms with van der Waals surface area (Å²) in [4.78, 5) is 1.75. The number of likely N-dealkylation sites (tertiary alicyclic amines) is 1. The predicted octanol–water partition coefficient (Wildman–Crippen LogP) is 1.22. The monoisotopic (exact) mass is 177 g/mol. The fourth-order valence-electron chi connectivity index (χ4n) is 1.43. The summed E-state index contributed by atoms with van der Waals surface area (Å²) in [6, 6.07) is 0. The molecular formula is C8H13F2NO. The summed E-state index contributed by atoms with van der Waals surface area (Å²) in [5, 5.41) is 8.99. The summed E-state index contributed by atoms with van der Waals surface area (Å²) in [6.45, 7) is 1.96. The largest absolute Gasteiger partial charge is 0.394 e. The molecule has 12 heavy (non-hydrogen) atoms. The van der Waals surface area contributed by atoms with E-state index in [9.17, 15) is 8.78 Å². The van der Waals surface area contributed by atoms with Gasteiger partial charge in [0.2, 0.25) is 0 Å². The van der Waals surface area contributed by atoms with Gasteiger partial charge in [-0.25, -0.2) is 0 Å². The van der Waals surface area contributed by atoms with Gasteiger partial charge in [-0.2, -0.15) is 8.78 Å². The Morgan fingerprint density at radius 2 is 2.25 bits per heavy atom. The minimum Gasteiger partial charge on any atom is -0.394 e. The van der Waals surface area contributed by atoms with Crippen LogP contribution in [0.2, 0.25) is 0 Å². The maximum Gasteiger partial charge on any atom is 0.270 e. The molecule has 0 amide bonds. The molecule has 0 aromatic heterocycles. The van der Waals surface area contributed by atoms with Gasteiger partial charge >= 0.3 is 0 Å². The normalized spacial score (nSPS) is 31.2. The zero-order valence-electron chi connectivity index (χ0n) is 7.27. The van der Waals surface area contributed by atoms with Crippen LogP contribution in [0.4, 0.5) is 8.78 Å². The molecule has 2 nitrogen and oxygen atoms in total. The maximum atomic E-state index is 12.2. The van der Waals surface area contributed by atoms with Crippen molar-refractivity contribution in [2.45, 2.75) is 18.9 Å². The number of halogens is 2. The third-order valence-electron chi connectivity index (χ3n) is 2.55. The van der Waals surface area contributed by atoms with Gasteiger partial charge in [0, 0.05) is 17.7 Å². The van der Waals surface area contributed by atoms with Crippen LogP contribution in [-0.4, -0.2) is 35.7 Å². The van der Waals surface area contributed by atoms with Gasteiger partial charge in [-0.05, 0) is 20.4 Å². The molecule has 4 heteroatoms. The van der Waals surface area contributed by atoms with E-state index < -0.39 is 11.6 Å². The van der Waals surface area contributed by atoms with Crippen molar-refractivity contribution in [3.05, 3.63) is 11.7 Å². The lowest BCUT2D eigenvalue weighted by Crippen LogP contribution is -2.41. The number of likely N-dealkylation sites (N-methyl/N-ethyl adjacent to an activating group) is 1. The van der Waals surface area contributed by atoms with E-state index in [1.54, 1.807) is 18.9 Å². The van der Waals surface area contributed by atoms with Gasteiger partial charge in [0.15, 0.2) is 0 Å². The van der Waals surface area contributed by atoms with E-state index in [4.69, 9.17) is 5.11 Å². The molecule has 1 rings (SSSR count). The lowest BCUT2D eigenvalue weighted by atomic mass is 9.99. The van der Waals surface area contributed by atoms with Crippen molar-refractivity contribution in [2.75, 3.05) is 20.2 Å². The molecule has 0 saturated carbocycles. The van der Waals surface area contributed by atoms with E-state index in [0.29, 0.717) is 0 Å². The molecule has 1 aliphatic heterocycles. The molecule has 1 aliphatic rings. The van der Waals surface area contributed by atoms with E-state index in [2.05, 4.69) is 0 Å². The Bertz CT molecular complexity index is 213. The van der Waals surface area contributed by atoms with Crippen LogP contribution in [0.1, 0.15) is 13.3 Å². The Hall–Kier alpha value is -0.480. The summed E-state index contributed by atoms with van der Waals surface area (Å²) in [5.41, 5.74) is -0.354. The van der Waals surface area contributed by atoms with Gasteiger partial charge in [0.25, 0.3) is 6.08 Å². The second kappa shape index (κ2) is 3.11. The molecule has 1 N–H and O–H groups in total. The maximum absolute atomic E-state index is 12.2. The highest BCUT2D eigenvalue weighted by Crippen LogP contribution is 2.32. The van der Waals surface area contributed by atoms with Crippen molar-refractivity contribution in [2.24, 2.45) is 0 Å². The first-order valence-electron chi connectivity index (χ1n) is 3.85. The van der Waals surface area contributed by atoms with Crippen LogP contribution in [0.3, 0.4) is 0 Å². The summed E-state index contributed by atoms with van der Waals surface area (Å²) < 4.78 is 24.3. The number of nitrogens with zero attached hydrogens (tertiary/aromatic N) is 1. The van der Waals surface area contributed by atoms with E-state index in [1.165, 1.54) is 0 Å². The molecule has 0 radical (unpaired) electrons. The highest BCUT2D eigenvalue weighted by atomic mass is 19.3. The number of hydrogen-bond acceptors (Lipinski definition) is 2. The quantitative estimate of drug-likeness (QED) is 0.651. The highest BCUT2D eigenvalue weighted by molar-refractivity contribution is 5.17. The smallest absolute Gasteiger partial charge is 0.270 e. The zero-order chi connectivity index (χ0) is 9.35. The molecular weight excluding hydrogens is 164 g/mol. The SMILES string of the molecule is CN1CC(=C(F)F)CC1(C)CO. The van der Waals surface area contributed by atoms with Gasteiger partial charge in [-0.3, -0.25) is 4.90 Å². The fourth-order valence-corrected chi connectivity index (χ4v) is 1.43. The highest BCUT2D eigenvalue weighted by Gasteiger charge is 2.37. The van der Waals surface area contributed by atoms with Gasteiger partial charge in [-0.15, -0.1) is 0 Å². The van der Waals surface area contributed by atoms with Crippen LogP contribution in [0.5, 0.6) is 0 Å². The number of rotatable bonds is 1. The summed E-state index contributed by atoms with van der Waals surface area (Å²) in [5.74, 6) is 0. The van der Waals surface area contributed by atoms with Gasteiger partial charge < -0.3 is 5.11 Å². The first kappa shape index (κ1) is 9.61. The second-order valence-corrected chi connectivity index (χ2v) is 3.55. The third-order valence-corrected chi connectivity index (χ3v) is 2.55. The van der Waals surface area contributed by atoms with Crippen molar-refractivity contribution >= 4 is 0 Å². The topological polar surface area (TPSA) is 23.5 Å². The third kappa shape index (κ3) is 1.49. The van der Waals surface area contributed by atoms with Crippen LogP contribution < -0.4 is 0 Å². The van der Waals surface area contributed by atoms with Crippen LogP contribution in [0, 0.1) is 0 Å². The Labute approximate surface area is 70.5 Å². The average Bonchev–Trinajstić information content (AvgIpc) is 2.30. The van der Waals surface area contributed by atoms with E-state index in [-0.39, 0.29) is 25.1 Å². The van der Waals surface area contributed by atoms with Crippen LogP contribution >= 0.6 is 0 Å². The van der Waals surface area contributed by atoms with Gasteiger partial charge in [0.1, 0.15) is 0 Å². The Kier molecular flexibility index (Phi) is 2.49. The molecule has 0 bridgehead atoms. The number of aliphatic hydroxyl groups is 1. The molecule has 70 valence electrons. The first-order chi connectivity index (χ1) is 5.49. The van der Waals surface area contributed by atoms with E-state index in [0.717, 1.165) is 0 Å². The van der Waals surface area contributed by atoms with E-state index in [1.807, 2.05) is 0 Å². The van der Waals surface area contributed by atoms with Crippen molar-refractivity contribution in [3.8, 4) is 0 Å². The molecule has 1 heterocycles. The van der Waals surface area contributed by atoms with Crippen LogP contribution in [-0.2, 0) is 0 Å². The van der Waals surface area contributed by atoms with Gasteiger partial charge in [-0.1, -0.05) is 0 Å². The molecule has 0 aromatic rings. The zero-order valence-corrected chi connectivity index (χ0v) is 7.27. The summed E-state index contributed by atoms with van der Waals surface area (Å²) in [6.07, 6.45) is -1.33. The predicted molar refractivity (Wildman–Crippen MR) is 42.0 cm³/mol. The molecule has 1 unspecified atom stereocenters. The fraction of sp³-hybridized carbons (Fsp3) is 0.750. The van der Waals surface area contributed by atoms with Crippen molar-refractivity contribution in [3.63, 3.8) is 0 Å². The van der Waals surface area contributed by atoms with Crippen molar-refractivity contribution in [1.82, 2.24) is 4.90 Å². The Morgan fingerprint density at radius 1 is 1.67 bits per heavy atom. The van der Waals surface area contributed by atoms with E-state index >= 15 is 0 Å². The van der Waals surface area contributed by atoms with Gasteiger partial charge in [0.05, 0.1) is 6.61 Å². The standard InChI is InChI=1S/C8H13F2NO/c1-8(5-12)3-6(7(9)10)4-11(8)2/h12H,3-5H2,1-2H3. The molecule has 0 aliphatic carbocycles.